The molecule has 0 saturated carbocycles. The SMILES string of the molecule is O=C([O-])[C@H](Cc1ccc(O)cc1)NC(=O)[C@@H](O)Cc1ccccc1. The molecule has 0 radical (unpaired) electrons. The highest BCUT2D eigenvalue weighted by Crippen LogP contribution is 2.11. The van der Waals surface area contributed by atoms with E-state index in [2.05, 4.69) is 5.32 Å². The summed E-state index contributed by atoms with van der Waals surface area (Å²) in [5, 5.41) is 32.7. The molecule has 0 aliphatic carbocycles. The molecular weight excluding hydrogens is 310 g/mol. The predicted octanol–water partition coefficient (Wildman–Crippen LogP) is -0.227. The van der Waals surface area contributed by atoms with E-state index in [1.165, 1.54) is 12.1 Å². The van der Waals surface area contributed by atoms with Gasteiger partial charge in [0.15, 0.2) is 0 Å². The van der Waals surface area contributed by atoms with Crippen molar-refractivity contribution in [1.29, 1.82) is 0 Å². The molecule has 0 saturated heterocycles. The second kappa shape index (κ2) is 8.12. The lowest BCUT2D eigenvalue weighted by Gasteiger charge is -2.21. The summed E-state index contributed by atoms with van der Waals surface area (Å²) in [6, 6.07) is 13.6. The maximum Gasteiger partial charge on any atom is 0.249 e. The monoisotopic (exact) mass is 328 g/mol. The maximum atomic E-state index is 12.0. The molecule has 2 rings (SSSR count). The van der Waals surface area contributed by atoms with Crippen LogP contribution in [-0.2, 0) is 22.4 Å². The van der Waals surface area contributed by atoms with Crippen LogP contribution in [0.2, 0.25) is 0 Å². The Bertz CT molecular complexity index is 684. The van der Waals surface area contributed by atoms with Gasteiger partial charge in [-0.2, -0.15) is 0 Å². The molecule has 2 aromatic carbocycles. The van der Waals surface area contributed by atoms with Crippen molar-refractivity contribution in [3.63, 3.8) is 0 Å². The Hall–Kier alpha value is -2.86. The van der Waals surface area contributed by atoms with E-state index in [0.29, 0.717) is 5.56 Å². The first-order valence-corrected chi connectivity index (χ1v) is 7.47. The Labute approximate surface area is 139 Å². The number of hydrogen-bond acceptors (Lipinski definition) is 5. The Kier molecular flexibility index (Phi) is 5.92. The number of carboxylic acid groups (broad SMARTS) is 1. The summed E-state index contributed by atoms with van der Waals surface area (Å²) in [4.78, 5) is 23.2. The van der Waals surface area contributed by atoms with Crippen LogP contribution in [0.15, 0.2) is 54.6 Å². The highest BCUT2D eigenvalue weighted by molar-refractivity contribution is 5.85. The van der Waals surface area contributed by atoms with Crippen LogP contribution < -0.4 is 10.4 Å². The normalized spacial score (nSPS) is 13.0. The molecule has 0 aromatic heterocycles. The number of aliphatic hydroxyl groups is 1. The van der Waals surface area contributed by atoms with Gasteiger partial charge in [-0.05, 0) is 29.7 Å². The van der Waals surface area contributed by atoms with Gasteiger partial charge in [0.1, 0.15) is 11.9 Å². The van der Waals surface area contributed by atoms with Crippen LogP contribution in [0.5, 0.6) is 5.75 Å². The average molecular weight is 328 g/mol. The molecule has 0 unspecified atom stereocenters. The molecule has 2 aromatic rings. The van der Waals surface area contributed by atoms with Crippen LogP contribution in [0.3, 0.4) is 0 Å². The number of amides is 1. The molecule has 3 N–H and O–H groups in total. The quantitative estimate of drug-likeness (QED) is 0.650. The number of aliphatic carboxylic acids is 1. The van der Waals surface area contributed by atoms with Gasteiger partial charge >= 0.3 is 0 Å². The van der Waals surface area contributed by atoms with E-state index in [-0.39, 0.29) is 18.6 Å². The van der Waals surface area contributed by atoms with Crippen LogP contribution in [0.4, 0.5) is 0 Å². The molecule has 24 heavy (non-hydrogen) atoms. The van der Waals surface area contributed by atoms with Crippen LogP contribution in [0, 0.1) is 0 Å². The third kappa shape index (κ3) is 5.10. The van der Waals surface area contributed by atoms with E-state index < -0.39 is 24.0 Å². The molecule has 0 bridgehead atoms. The van der Waals surface area contributed by atoms with Crippen LogP contribution in [-0.4, -0.2) is 34.2 Å². The van der Waals surface area contributed by atoms with Crippen LogP contribution >= 0.6 is 0 Å². The molecule has 0 heterocycles. The lowest BCUT2D eigenvalue weighted by Crippen LogP contribution is -2.52. The van der Waals surface area contributed by atoms with Gasteiger partial charge < -0.3 is 25.4 Å². The van der Waals surface area contributed by atoms with Crippen LogP contribution in [0.25, 0.3) is 0 Å². The molecule has 126 valence electrons. The number of carbonyl (C=O) groups is 2. The number of nitrogens with one attached hydrogen (secondary N) is 1. The zero-order chi connectivity index (χ0) is 17.5. The number of phenolic OH excluding ortho intramolecular Hbond substituents is 1. The highest BCUT2D eigenvalue weighted by atomic mass is 16.4. The fourth-order valence-corrected chi connectivity index (χ4v) is 2.26. The largest absolute Gasteiger partial charge is 0.548 e. The van der Waals surface area contributed by atoms with Crippen molar-refractivity contribution in [2.45, 2.75) is 25.0 Å². The molecule has 1 amide bonds. The zero-order valence-electron chi connectivity index (χ0n) is 12.9. The summed E-state index contributed by atoms with van der Waals surface area (Å²) in [6.45, 7) is 0. The first kappa shape index (κ1) is 17.5. The van der Waals surface area contributed by atoms with Crippen molar-refractivity contribution in [2.75, 3.05) is 0 Å². The number of phenols is 1. The van der Waals surface area contributed by atoms with E-state index in [4.69, 9.17) is 0 Å². The van der Waals surface area contributed by atoms with Gasteiger partial charge in [-0.25, -0.2) is 0 Å². The van der Waals surface area contributed by atoms with Crippen molar-refractivity contribution in [3.8, 4) is 5.75 Å². The number of rotatable bonds is 7. The van der Waals surface area contributed by atoms with Crippen LogP contribution in [0.1, 0.15) is 11.1 Å². The molecule has 0 fully saturated rings. The summed E-state index contributed by atoms with van der Waals surface area (Å²) in [6.07, 6.45) is -1.27. The van der Waals surface area contributed by atoms with E-state index in [0.717, 1.165) is 5.56 Å². The topological polar surface area (TPSA) is 110 Å². The third-order valence-corrected chi connectivity index (χ3v) is 3.55. The Balaban J connectivity index is 1.97. The van der Waals surface area contributed by atoms with Gasteiger partial charge in [-0.3, -0.25) is 4.79 Å². The van der Waals surface area contributed by atoms with Gasteiger partial charge in [-0.15, -0.1) is 0 Å². The molecule has 6 heteroatoms. The molecule has 0 aliphatic rings. The number of benzene rings is 2. The van der Waals surface area contributed by atoms with E-state index >= 15 is 0 Å². The zero-order valence-corrected chi connectivity index (χ0v) is 12.9. The van der Waals surface area contributed by atoms with Gasteiger partial charge in [0, 0.05) is 6.42 Å². The molecular formula is C18H18NO5-. The van der Waals surface area contributed by atoms with E-state index in [9.17, 15) is 24.9 Å². The minimum Gasteiger partial charge on any atom is -0.548 e. The smallest absolute Gasteiger partial charge is 0.249 e. The number of aliphatic hydroxyl groups excluding tert-OH is 1. The Morgan fingerprint density at radius 3 is 2.12 bits per heavy atom. The van der Waals surface area contributed by atoms with E-state index in [1.807, 2.05) is 6.07 Å². The van der Waals surface area contributed by atoms with Crippen molar-refractivity contribution in [2.24, 2.45) is 0 Å². The minimum atomic E-state index is -1.44. The second-order valence-corrected chi connectivity index (χ2v) is 5.46. The summed E-state index contributed by atoms with van der Waals surface area (Å²) in [5.41, 5.74) is 1.38. The fraction of sp³-hybridized carbons (Fsp3) is 0.222. The number of carboxylic acids is 1. The first-order chi connectivity index (χ1) is 11.5. The summed E-state index contributed by atoms with van der Waals surface area (Å²) < 4.78 is 0. The molecule has 6 nitrogen and oxygen atoms in total. The van der Waals surface area contributed by atoms with Crippen molar-refractivity contribution in [1.82, 2.24) is 5.32 Å². The highest BCUT2D eigenvalue weighted by Gasteiger charge is 2.20. The standard InChI is InChI=1S/C18H19NO5/c20-14-8-6-13(7-9-14)10-15(18(23)24)19-17(22)16(21)11-12-4-2-1-3-5-12/h1-9,15-16,20-21H,10-11H2,(H,19,22)(H,23,24)/p-1/t15-,16-/m0/s1. The van der Waals surface area contributed by atoms with Crippen molar-refractivity contribution in [3.05, 3.63) is 65.7 Å². The first-order valence-electron chi connectivity index (χ1n) is 7.47. The predicted molar refractivity (Wildman–Crippen MR) is 84.9 cm³/mol. The fourth-order valence-electron chi connectivity index (χ4n) is 2.26. The number of carbonyl (C=O) groups excluding carboxylic acids is 2. The Morgan fingerprint density at radius 1 is 0.958 bits per heavy atom. The van der Waals surface area contributed by atoms with Gasteiger partial charge in [0.05, 0.1) is 12.0 Å². The van der Waals surface area contributed by atoms with Gasteiger partial charge in [-0.1, -0.05) is 42.5 Å². The molecule has 2 atom stereocenters. The number of aromatic hydroxyl groups is 1. The lowest BCUT2D eigenvalue weighted by molar-refractivity contribution is -0.308. The van der Waals surface area contributed by atoms with Gasteiger partial charge in [0.25, 0.3) is 0 Å². The lowest BCUT2D eigenvalue weighted by atomic mass is 10.0. The average Bonchev–Trinajstić information content (AvgIpc) is 2.56. The number of hydrogen-bond donors (Lipinski definition) is 3. The Morgan fingerprint density at radius 2 is 1.54 bits per heavy atom. The van der Waals surface area contributed by atoms with E-state index in [1.54, 1.807) is 36.4 Å². The maximum absolute atomic E-state index is 12.0. The summed E-state index contributed by atoms with van der Waals surface area (Å²) in [7, 11) is 0. The van der Waals surface area contributed by atoms with Crippen molar-refractivity contribution >= 4 is 11.9 Å². The minimum absolute atomic E-state index is 0.00753. The van der Waals surface area contributed by atoms with Gasteiger partial charge in [0.2, 0.25) is 5.91 Å². The van der Waals surface area contributed by atoms with Crippen molar-refractivity contribution < 1.29 is 24.9 Å². The summed E-state index contributed by atoms with van der Waals surface area (Å²) >= 11 is 0. The molecule has 0 aliphatic heterocycles. The summed E-state index contributed by atoms with van der Waals surface area (Å²) in [5.74, 6) is -2.15. The second-order valence-electron chi connectivity index (χ2n) is 5.46. The third-order valence-electron chi connectivity index (χ3n) is 3.55. The molecule has 0 spiro atoms.